The Balaban J connectivity index is 1.54. The SMILES string of the molecule is c1ccc(C2=NC(N3c4ccccc4Oc4ccccc43)=NC(c3ccccc3)N2)cc1. The molecule has 5 nitrogen and oxygen atoms in total. The van der Waals surface area contributed by atoms with Crippen LogP contribution in [0, 0.1) is 0 Å². The van der Waals surface area contributed by atoms with Gasteiger partial charge in [-0.25, -0.2) is 4.99 Å². The lowest BCUT2D eigenvalue weighted by atomic mass is 10.1. The van der Waals surface area contributed by atoms with E-state index in [1.54, 1.807) is 0 Å². The summed E-state index contributed by atoms with van der Waals surface area (Å²) in [6.07, 6.45) is -0.263. The molecule has 0 saturated heterocycles. The zero-order chi connectivity index (χ0) is 21.3. The summed E-state index contributed by atoms with van der Waals surface area (Å²) < 4.78 is 6.16. The third-order valence-corrected chi connectivity index (χ3v) is 5.52. The van der Waals surface area contributed by atoms with Gasteiger partial charge in [0.1, 0.15) is 12.0 Å². The summed E-state index contributed by atoms with van der Waals surface area (Å²) in [6, 6.07) is 36.3. The van der Waals surface area contributed by atoms with Crippen molar-refractivity contribution >= 4 is 23.2 Å². The topological polar surface area (TPSA) is 49.2 Å². The van der Waals surface area contributed by atoms with E-state index < -0.39 is 0 Å². The highest BCUT2D eigenvalue weighted by Gasteiger charge is 2.31. The molecule has 2 heterocycles. The van der Waals surface area contributed by atoms with Gasteiger partial charge in [0.25, 0.3) is 0 Å². The smallest absolute Gasteiger partial charge is 0.234 e. The van der Waals surface area contributed by atoms with Gasteiger partial charge in [0, 0.05) is 5.56 Å². The summed E-state index contributed by atoms with van der Waals surface area (Å²) in [7, 11) is 0. The van der Waals surface area contributed by atoms with E-state index in [0.29, 0.717) is 5.96 Å². The number of amidine groups is 1. The molecule has 4 aromatic rings. The fourth-order valence-electron chi connectivity index (χ4n) is 4.00. The van der Waals surface area contributed by atoms with Gasteiger partial charge in [-0.3, -0.25) is 4.90 Å². The third-order valence-electron chi connectivity index (χ3n) is 5.52. The van der Waals surface area contributed by atoms with Gasteiger partial charge in [-0.05, 0) is 29.8 Å². The van der Waals surface area contributed by atoms with Gasteiger partial charge in [-0.1, -0.05) is 84.9 Å². The minimum absolute atomic E-state index is 0.263. The largest absolute Gasteiger partial charge is 0.453 e. The van der Waals surface area contributed by atoms with E-state index in [9.17, 15) is 0 Å². The molecule has 154 valence electrons. The summed E-state index contributed by atoms with van der Waals surface area (Å²) in [5.41, 5.74) is 3.91. The van der Waals surface area contributed by atoms with E-state index >= 15 is 0 Å². The molecular formula is C27H20N4O. The first-order valence-corrected chi connectivity index (χ1v) is 10.6. The van der Waals surface area contributed by atoms with E-state index in [1.165, 1.54) is 0 Å². The van der Waals surface area contributed by atoms with E-state index in [0.717, 1.165) is 39.8 Å². The van der Waals surface area contributed by atoms with Gasteiger partial charge >= 0.3 is 0 Å². The molecule has 0 amide bonds. The molecule has 1 unspecified atom stereocenters. The van der Waals surface area contributed by atoms with E-state index in [-0.39, 0.29) is 6.17 Å². The fourth-order valence-corrected chi connectivity index (χ4v) is 4.00. The molecule has 5 heteroatoms. The van der Waals surface area contributed by atoms with Crippen LogP contribution in [0.3, 0.4) is 0 Å². The van der Waals surface area contributed by atoms with Crippen molar-refractivity contribution in [2.24, 2.45) is 9.98 Å². The Morgan fingerprint density at radius 3 is 1.88 bits per heavy atom. The summed E-state index contributed by atoms with van der Waals surface area (Å²) in [5, 5.41) is 3.51. The Hall–Kier alpha value is -4.38. The van der Waals surface area contributed by atoms with Crippen molar-refractivity contribution in [3.05, 3.63) is 120 Å². The summed E-state index contributed by atoms with van der Waals surface area (Å²) >= 11 is 0. The summed E-state index contributed by atoms with van der Waals surface area (Å²) in [4.78, 5) is 12.1. The quantitative estimate of drug-likeness (QED) is 0.434. The molecule has 1 N–H and O–H groups in total. The molecule has 0 spiro atoms. The molecular weight excluding hydrogens is 396 g/mol. The zero-order valence-electron chi connectivity index (χ0n) is 17.2. The molecule has 0 saturated carbocycles. The highest BCUT2D eigenvalue weighted by molar-refractivity contribution is 6.15. The van der Waals surface area contributed by atoms with E-state index in [2.05, 4.69) is 34.5 Å². The molecule has 0 fully saturated rings. The second-order valence-corrected chi connectivity index (χ2v) is 7.59. The lowest BCUT2D eigenvalue weighted by Gasteiger charge is -2.34. The van der Waals surface area contributed by atoms with Gasteiger partial charge in [0.05, 0.1) is 11.4 Å². The minimum Gasteiger partial charge on any atom is -0.453 e. The van der Waals surface area contributed by atoms with Crippen molar-refractivity contribution in [3.8, 4) is 11.5 Å². The van der Waals surface area contributed by atoms with Gasteiger partial charge in [0.2, 0.25) is 5.96 Å². The molecule has 0 bridgehead atoms. The molecule has 2 aliphatic heterocycles. The number of fused-ring (bicyclic) bond motifs is 2. The molecule has 6 rings (SSSR count). The zero-order valence-corrected chi connectivity index (χ0v) is 17.2. The number of hydrogen-bond acceptors (Lipinski definition) is 5. The van der Waals surface area contributed by atoms with Crippen molar-refractivity contribution in [2.75, 3.05) is 4.90 Å². The number of hydrogen-bond donors (Lipinski definition) is 1. The van der Waals surface area contributed by atoms with Gasteiger partial charge in [-0.2, -0.15) is 4.99 Å². The van der Waals surface area contributed by atoms with Gasteiger partial charge < -0.3 is 10.1 Å². The predicted octanol–water partition coefficient (Wildman–Crippen LogP) is 6.04. The summed E-state index contributed by atoms with van der Waals surface area (Å²) in [5.74, 6) is 2.95. The Bertz CT molecular complexity index is 1290. The maximum absolute atomic E-state index is 6.16. The lowest BCUT2D eigenvalue weighted by molar-refractivity contribution is 0.477. The van der Waals surface area contributed by atoms with Crippen molar-refractivity contribution in [2.45, 2.75) is 6.17 Å². The molecule has 0 aromatic heterocycles. The first-order chi connectivity index (χ1) is 15.9. The van der Waals surface area contributed by atoms with Crippen LogP contribution in [0.2, 0.25) is 0 Å². The van der Waals surface area contributed by atoms with Crippen LogP contribution < -0.4 is 15.0 Å². The van der Waals surface area contributed by atoms with Crippen LogP contribution in [0.15, 0.2) is 119 Å². The van der Waals surface area contributed by atoms with Crippen molar-refractivity contribution in [1.82, 2.24) is 5.32 Å². The van der Waals surface area contributed by atoms with Crippen LogP contribution >= 0.6 is 0 Å². The maximum Gasteiger partial charge on any atom is 0.234 e. The highest BCUT2D eigenvalue weighted by Crippen LogP contribution is 2.47. The number of para-hydroxylation sites is 4. The second-order valence-electron chi connectivity index (χ2n) is 7.59. The normalized spacial score (nSPS) is 16.6. The maximum atomic E-state index is 6.16. The monoisotopic (exact) mass is 416 g/mol. The van der Waals surface area contributed by atoms with Crippen LogP contribution in [-0.4, -0.2) is 11.8 Å². The van der Waals surface area contributed by atoms with Crippen LogP contribution in [0.5, 0.6) is 11.5 Å². The molecule has 0 radical (unpaired) electrons. The van der Waals surface area contributed by atoms with Crippen molar-refractivity contribution in [1.29, 1.82) is 0 Å². The first kappa shape index (κ1) is 18.4. The van der Waals surface area contributed by atoms with E-state index in [4.69, 9.17) is 14.7 Å². The highest BCUT2D eigenvalue weighted by atomic mass is 16.5. The third kappa shape index (κ3) is 3.20. The minimum atomic E-state index is -0.263. The van der Waals surface area contributed by atoms with Crippen LogP contribution in [0.25, 0.3) is 0 Å². The number of guanidine groups is 1. The molecule has 1 atom stereocenters. The Morgan fingerprint density at radius 1 is 0.656 bits per heavy atom. The number of ether oxygens (including phenoxy) is 1. The Morgan fingerprint density at radius 2 is 1.22 bits per heavy atom. The van der Waals surface area contributed by atoms with E-state index in [1.807, 2.05) is 84.9 Å². The molecule has 0 aliphatic carbocycles. The average molecular weight is 416 g/mol. The standard InChI is InChI=1S/C27H20N4O/c1-3-11-19(12-4-1)25-28-26(20-13-5-2-6-14-20)30-27(29-25)31-21-15-7-9-17-23(21)32-24-18-10-8-16-22(24)31/h1-18,25H,(H,28,29,30). The van der Waals surface area contributed by atoms with Gasteiger partial charge in [0.15, 0.2) is 11.5 Å². The first-order valence-electron chi connectivity index (χ1n) is 10.6. The molecule has 2 aliphatic rings. The lowest BCUT2D eigenvalue weighted by Crippen LogP contribution is -2.38. The van der Waals surface area contributed by atoms with Crippen molar-refractivity contribution in [3.63, 3.8) is 0 Å². The number of anilines is 2. The number of aliphatic imine (C=N–C) groups is 2. The fraction of sp³-hybridized carbons (Fsp3) is 0.0370. The average Bonchev–Trinajstić information content (AvgIpc) is 2.88. The van der Waals surface area contributed by atoms with Crippen LogP contribution in [-0.2, 0) is 0 Å². The second kappa shape index (κ2) is 7.71. The molecule has 32 heavy (non-hydrogen) atoms. The van der Waals surface area contributed by atoms with Gasteiger partial charge in [-0.15, -0.1) is 0 Å². The van der Waals surface area contributed by atoms with Crippen LogP contribution in [0.4, 0.5) is 11.4 Å². The number of nitrogens with one attached hydrogen (secondary N) is 1. The van der Waals surface area contributed by atoms with Crippen LogP contribution in [0.1, 0.15) is 17.3 Å². The molecule has 4 aromatic carbocycles. The predicted molar refractivity (Wildman–Crippen MR) is 128 cm³/mol. The summed E-state index contributed by atoms with van der Waals surface area (Å²) in [6.45, 7) is 0. The number of nitrogens with zero attached hydrogens (tertiary/aromatic N) is 3. The number of benzene rings is 4. The Kier molecular flexibility index (Phi) is 4.43. The van der Waals surface area contributed by atoms with Crippen molar-refractivity contribution < 1.29 is 4.74 Å². The Labute approximate surface area is 186 Å². The number of rotatable bonds is 2.